The van der Waals surface area contributed by atoms with Gasteiger partial charge in [-0.1, -0.05) is 12.1 Å². The smallest absolute Gasteiger partial charge is 0.282 e. The summed E-state index contributed by atoms with van der Waals surface area (Å²) < 4.78 is 0. The molecule has 0 saturated carbocycles. The van der Waals surface area contributed by atoms with Crippen molar-refractivity contribution in [2.24, 2.45) is 0 Å². The van der Waals surface area contributed by atoms with Crippen molar-refractivity contribution in [2.45, 2.75) is 6.42 Å². The number of nitro groups is 1. The van der Waals surface area contributed by atoms with Crippen molar-refractivity contribution < 1.29 is 9.72 Å². The lowest BCUT2D eigenvalue weighted by Crippen LogP contribution is -2.27. The molecule has 6 nitrogen and oxygen atoms in total. The third kappa shape index (κ3) is 4.14. The summed E-state index contributed by atoms with van der Waals surface area (Å²) in [6, 6.07) is 5.94. The molecular weight excluding hydrogens is 234 g/mol. The molecule has 18 heavy (non-hydrogen) atoms. The van der Waals surface area contributed by atoms with E-state index in [1.54, 1.807) is 12.1 Å². The van der Waals surface area contributed by atoms with E-state index in [0.717, 1.165) is 13.0 Å². The molecule has 0 aliphatic heterocycles. The summed E-state index contributed by atoms with van der Waals surface area (Å²) >= 11 is 0. The predicted molar refractivity (Wildman–Crippen MR) is 68.6 cm³/mol. The van der Waals surface area contributed by atoms with Crippen LogP contribution >= 0.6 is 0 Å². The summed E-state index contributed by atoms with van der Waals surface area (Å²) in [6.45, 7) is 1.36. The Hall–Kier alpha value is -1.95. The predicted octanol–water partition coefficient (Wildman–Crippen LogP) is 1.28. The number of hydrogen-bond acceptors (Lipinski definition) is 4. The van der Waals surface area contributed by atoms with Crippen LogP contribution < -0.4 is 5.32 Å². The number of amides is 1. The van der Waals surface area contributed by atoms with Crippen molar-refractivity contribution in [2.75, 3.05) is 27.2 Å². The minimum atomic E-state index is -0.547. The molecule has 0 aromatic heterocycles. The molecule has 0 spiro atoms. The van der Waals surface area contributed by atoms with Gasteiger partial charge in [-0.3, -0.25) is 14.9 Å². The third-order valence-electron chi connectivity index (χ3n) is 2.41. The Balaban J connectivity index is 2.59. The molecular formula is C12H17N3O3. The molecule has 1 aromatic carbocycles. The van der Waals surface area contributed by atoms with Gasteiger partial charge in [-0.2, -0.15) is 0 Å². The van der Waals surface area contributed by atoms with Crippen LogP contribution in [0.1, 0.15) is 16.8 Å². The number of hydrogen-bond donors (Lipinski definition) is 1. The van der Waals surface area contributed by atoms with Crippen molar-refractivity contribution >= 4 is 11.6 Å². The topological polar surface area (TPSA) is 75.5 Å². The Kier molecular flexibility index (Phi) is 5.26. The number of nitrogens with zero attached hydrogens (tertiary/aromatic N) is 2. The average molecular weight is 251 g/mol. The number of nitro benzene ring substituents is 1. The molecule has 0 unspecified atom stereocenters. The van der Waals surface area contributed by atoms with E-state index in [1.165, 1.54) is 12.1 Å². The fourth-order valence-corrected chi connectivity index (χ4v) is 1.52. The van der Waals surface area contributed by atoms with E-state index in [9.17, 15) is 14.9 Å². The van der Waals surface area contributed by atoms with E-state index in [1.807, 2.05) is 19.0 Å². The molecule has 0 saturated heterocycles. The second kappa shape index (κ2) is 6.70. The van der Waals surface area contributed by atoms with Crippen LogP contribution in [-0.2, 0) is 0 Å². The number of nitrogens with one attached hydrogen (secondary N) is 1. The van der Waals surface area contributed by atoms with Gasteiger partial charge in [0.1, 0.15) is 5.56 Å². The summed E-state index contributed by atoms with van der Waals surface area (Å²) in [6.07, 6.45) is 0.805. The minimum absolute atomic E-state index is 0.104. The zero-order valence-electron chi connectivity index (χ0n) is 10.5. The van der Waals surface area contributed by atoms with Crippen LogP contribution in [0.25, 0.3) is 0 Å². The Morgan fingerprint density at radius 3 is 2.67 bits per heavy atom. The zero-order chi connectivity index (χ0) is 13.5. The summed E-state index contributed by atoms with van der Waals surface area (Å²) in [5, 5.41) is 13.4. The van der Waals surface area contributed by atoms with Crippen molar-refractivity contribution in [1.82, 2.24) is 10.2 Å². The van der Waals surface area contributed by atoms with Crippen LogP contribution in [0.15, 0.2) is 24.3 Å². The van der Waals surface area contributed by atoms with Crippen LogP contribution in [0.2, 0.25) is 0 Å². The highest BCUT2D eigenvalue weighted by Gasteiger charge is 2.18. The Labute approximate surface area is 106 Å². The number of para-hydroxylation sites is 1. The molecule has 0 aliphatic rings. The first-order valence-corrected chi connectivity index (χ1v) is 5.68. The van der Waals surface area contributed by atoms with Crippen molar-refractivity contribution in [3.8, 4) is 0 Å². The lowest BCUT2D eigenvalue weighted by molar-refractivity contribution is -0.385. The summed E-state index contributed by atoms with van der Waals surface area (Å²) in [7, 11) is 3.90. The molecule has 0 radical (unpaired) electrons. The Morgan fingerprint density at radius 2 is 2.06 bits per heavy atom. The molecule has 0 heterocycles. The number of carbonyl (C=O) groups excluding carboxylic acids is 1. The lowest BCUT2D eigenvalue weighted by Gasteiger charge is -2.09. The highest BCUT2D eigenvalue weighted by Crippen LogP contribution is 2.17. The minimum Gasteiger partial charge on any atom is -0.352 e. The van der Waals surface area contributed by atoms with Gasteiger partial charge in [0.2, 0.25) is 0 Å². The Bertz CT molecular complexity index is 432. The number of benzene rings is 1. The third-order valence-corrected chi connectivity index (χ3v) is 2.41. The first-order chi connectivity index (χ1) is 8.52. The van der Waals surface area contributed by atoms with Crippen molar-refractivity contribution in [1.29, 1.82) is 0 Å². The first-order valence-electron chi connectivity index (χ1n) is 5.68. The maximum absolute atomic E-state index is 11.8. The molecule has 0 fully saturated rings. The fourth-order valence-electron chi connectivity index (χ4n) is 1.52. The van der Waals surface area contributed by atoms with Crippen molar-refractivity contribution in [3.05, 3.63) is 39.9 Å². The van der Waals surface area contributed by atoms with E-state index >= 15 is 0 Å². The van der Waals surface area contributed by atoms with Gasteiger partial charge in [-0.15, -0.1) is 0 Å². The van der Waals surface area contributed by atoms with E-state index < -0.39 is 10.8 Å². The normalized spacial score (nSPS) is 10.4. The largest absolute Gasteiger partial charge is 0.352 e. The second-order valence-electron chi connectivity index (χ2n) is 4.19. The van der Waals surface area contributed by atoms with Crippen molar-refractivity contribution in [3.63, 3.8) is 0 Å². The molecule has 0 aliphatic carbocycles. The van der Waals surface area contributed by atoms with Crippen LogP contribution in [0.3, 0.4) is 0 Å². The maximum atomic E-state index is 11.8. The van der Waals surface area contributed by atoms with E-state index in [0.29, 0.717) is 6.54 Å². The summed E-state index contributed by atoms with van der Waals surface area (Å²) in [5.41, 5.74) is -0.0602. The van der Waals surface area contributed by atoms with Crippen LogP contribution in [-0.4, -0.2) is 42.9 Å². The molecule has 0 bridgehead atoms. The SMILES string of the molecule is CN(C)CCCNC(=O)c1ccccc1[N+](=O)[O-]. The maximum Gasteiger partial charge on any atom is 0.282 e. The van der Waals surface area contributed by atoms with E-state index in [2.05, 4.69) is 5.32 Å². The van der Waals surface area contributed by atoms with Gasteiger partial charge in [0.25, 0.3) is 11.6 Å². The monoisotopic (exact) mass is 251 g/mol. The van der Waals surface area contributed by atoms with Gasteiger partial charge in [0, 0.05) is 12.6 Å². The quantitative estimate of drug-likeness (QED) is 0.469. The molecule has 98 valence electrons. The van der Waals surface area contributed by atoms with Gasteiger partial charge >= 0.3 is 0 Å². The highest BCUT2D eigenvalue weighted by molar-refractivity contribution is 5.98. The molecule has 1 N–H and O–H groups in total. The molecule has 1 rings (SSSR count). The first kappa shape index (κ1) is 14.1. The van der Waals surface area contributed by atoms with Gasteiger partial charge in [-0.25, -0.2) is 0 Å². The summed E-state index contributed by atoms with van der Waals surface area (Å²) in [5.74, 6) is -0.402. The molecule has 0 atom stereocenters. The standard InChI is InChI=1S/C12H17N3O3/c1-14(2)9-5-8-13-12(16)10-6-3-4-7-11(10)15(17)18/h3-4,6-7H,5,8-9H2,1-2H3,(H,13,16). The number of rotatable bonds is 6. The Morgan fingerprint density at radius 1 is 1.39 bits per heavy atom. The summed E-state index contributed by atoms with van der Waals surface area (Å²) in [4.78, 5) is 24.0. The van der Waals surface area contributed by atoms with Crippen LogP contribution in [0.4, 0.5) is 5.69 Å². The average Bonchev–Trinajstić information content (AvgIpc) is 2.34. The van der Waals surface area contributed by atoms with Gasteiger partial charge in [0.05, 0.1) is 4.92 Å². The highest BCUT2D eigenvalue weighted by atomic mass is 16.6. The van der Waals surface area contributed by atoms with Crippen LogP contribution in [0, 0.1) is 10.1 Å². The molecule has 1 amide bonds. The molecule has 6 heteroatoms. The molecule has 1 aromatic rings. The number of carbonyl (C=O) groups is 1. The van der Waals surface area contributed by atoms with E-state index in [-0.39, 0.29) is 11.3 Å². The van der Waals surface area contributed by atoms with Gasteiger partial charge < -0.3 is 10.2 Å². The van der Waals surface area contributed by atoms with E-state index in [4.69, 9.17) is 0 Å². The van der Waals surface area contributed by atoms with Gasteiger partial charge in [-0.05, 0) is 33.1 Å². The lowest BCUT2D eigenvalue weighted by atomic mass is 10.1. The zero-order valence-corrected chi connectivity index (χ0v) is 10.5. The second-order valence-corrected chi connectivity index (χ2v) is 4.19. The fraction of sp³-hybridized carbons (Fsp3) is 0.417. The van der Waals surface area contributed by atoms with Gasteiger partial charge in [0.15, 0.2) is 0 Å². The van der Waals surface area contributed by atoms with Crippen LogP contribution in [0.5, 0.6) is 0 Å².